The zero-order chi connectivity index (χ0) is 13.3. The molecule has 1 aliphatic rings. The lowest BCUT2D eigenvalue weighted by atomic mass is 10.1. The summed E-state index contributed by atoms with van der Waals surface area (Å²) in [5.41, 5.74) is 2.08. The summed E-state index contributed by atoms with van der Waals surface area (Å²) in [7, 11) is 1.96. The summed E-state index contributed by atoms with van der Waals surface area (Å²) in [6, 6.07) is 0.728. The van der Waals surface area contributed by atoms with Gasteiger partial charge in [0.1, 0.15) is 11.8 Å². The summed E-state index contributed by atoms with van der Waals surface area (Å²) in [5, 5.41) is 7.95. The fourth-order valence-corrected chi connectivity index (χ4v) is 2.06. The van der Waals surface area contributed by atoms with Gasteiger partial charge in [-0.05, 0) is 32.6 Å². The van der Waals surface area contributed by atoms with Gasteiger partial charge in [-0.3, -0.25) is 4.68 Å². The SMILES string of the molecule is Cc1nn(C)c(C)c1OC(CNC1CC1)C(C)C. The lowest BCUT2D eigenvalue weighted by molar-refractivity contribution is 0.146. The second kappa shape index (κ2) is 5.31. The molecule has 1 unspecified atom stereocenters. The van der Waals surface area contributed by atoms with Crippen molar-refractivity contribution in [3.8, 4) is 5.75 Å². The van der Waals surface area contributed by atoms with E-state index in [1.807, 2.05) is 18.7 Å². The van der Waals surface area contributed by atoms with Crippen LogP contribution in [0.1, 0.15) is 38.1 Å². The number of nitrogens with one attached hydrogen (secondary N) is 1. The Bertz CT molecular complexity index is 407. The first-order valence-electron chi connectivity index (χ1n) is 6.89. The molecule has 1 aromatic heterocycles. The molecule has 1 fully saturated rings. The molecule has 0 saturated heterocycles. The van der Waals surface area contributed by atoms with Crippen LogP contribution in [0.4, 0.5) is 0 Å². The third-order valence-corrected chi connectivity index (χ3v) is 3.64. The second-order valence-electron chi connectivity index (χ2n) is 5.71. The summed E-state index contributed by atoms with van der Waals surface area (Å²) in [4.78, 5) is 0. The Balaban J connectivity index is 2.02. The van der Waals surface area contributed by atoms with Gasteiger partial charge in [-0.15, -0.1) is 0 Å². The molecular formula is C14H25N3O. The molecule has 1 heterocycles. The quantitative estimate of drug-likeness (QED) is 0.842. The summed E-state index contributed by atoms with van der Waals surface area (Å²) >= 11 is 0. The number of rotatable bonds is 6. The van der Waals surface area contributed by atoms with Crippen molar-refractivity contribution in [2.75, 3.05) is 6.54 Å². The number of ether oxygens (including phenoxy) is 1. The first-order chi connectivity index (χ1) is 8.49. The molecular weight excluding hydrogens is 226 g/mol. The predicted octanol–water partition coefficient (Wildman–Crippen LogP) is 2.19. The van der Waals surface area contributed by atoms with Gasteiger partial charge in [0.05, 0.1) is 5.69 Å². The maximum atomic E-state index is 6.19. The van der Waals surface area contributed by atoms with Crippen LogP contribution in [0.3, 0.4) is 0 Å². The first kappa shape index (κ1) is 13.4. The van der Waals surface area contributed by atoms with E-state index in [2.05, 4.69) is 31.2 Å². The minimum atomic E-state index is 0.215. The first-order valence-corrected chi connectivity index (χ1v) is 6.89. The van der Waals surface area contributed by atoms with E-state index in [0.717, 1.165) is 29.7 Å². The van der Waals surface area contributed by atoms with E-state index in [4.69, 9.17) is 4.74 Å². The molecule has 102 valence electrons. The minimum Gasteiger partial charge on any atom is -0.485 e. The molecule has 4 nitrogen and oxygen atoms in total. The number of aromatic nitrogens is 2. The number of nitrogens with zero attached hydrogens (tertiary/aromatic N) is 2. The zero-order valence-electron chi connectivity index (χ0n) is 12.2. The number of hydrogen-bond acceptors (Lipinski definition) is 3. The highest BCUT2D eigenvalue weighted by molar-refractivity contribution is 5.32. The van der Waals surface area contributed by atoms with E-state index in [1.165, 1.54) is 12.8 Å². The standard InChI is InChI=1S/C14H25N3O/c1-9(2)13(8-15-12-6-7-12)18-14-10(3)16-17(5)11(14)4/h9,12-13,15H,6-8H2,1-5H3. The van der Waals surface area contributed by atoms with Crippen LogP contribution in [-0.4, -0.2) is 28.5 Å². The van der Waals surface area contributed by atoms with E-state index in [1.54, 1.807) is 0 Å². The van der Waals surface area contributed by atoms with Gasteiger partial charge >= 0.3 is 0 Å². The van der Waals surface area contributed by atoms with Crippen molar-refractivity contribution in [1.82, 2.24) is 15.1 Å². The molecule has 1 aliphatic carbocycles. The molecule has 0 spiro atoms. The summed E-state index contributed by atoms with van der Waals surface area (Å²) < 4.78 is 8.08. The molecule has 0 bridgehead atoms. The van der Waals surface area contributed by atoms with Crippen LogP contribution < -0.4 is 10.1 Å². The molecule has 0 aliphatic heterocycles. The molecule has 2 rings (SSSR count). The average molecular weight is 251 g/mol. The van der Waals surface area contributed by atoms with Crippen LogP contribution in [0.15, 0.2) is 0 Å². The van der Waals surface area contributed by atoms with E-state index in [-0.39, 0.29) is 6.10 Å². The van der Waals surface area contributed by atoms with E-state index in [9.17, 15) is 0 Å². The molecule has 4 heteroatoms. The van der Waals surface area contributed by atoms with Gasteiger partial charge in [-0.2, -0.15) is 5.10 Å². The molecule has 1 aromatic rings. The van der Waals surface area contributed by atoms with Crippen molar-refractivity contribution >= 4 is 0 Å². The third kappa shape index (κ3) is 3.05. The normalized spacial score (nSPS) is 17.2. The van der Waals surface area contributed by atoms with Crippen molar-refractivity contribution < 1.29 is 4.74 Å². The molecule has 1 atom stereocenters. The fourth-order valence-electron chi connectivity index (χ4n) is 2.06. The average Bonchev–Trinajstić information content (AvgIpc) is 3.07. The highest BCUT2D eigenvalue weighted by atomic mass is 16.5. The van der Waals surface area contributed by atoms with Crippen LogP contribution >= 0.6 is 0 Å². The Morgan fingerprint density at radius 1 is 1.39 bits per heavy atom. The Morgan fingerprint density at radius 3 is 2.50 bits per heavy atom. The van der Waals surface area contributed by atoms with Crippen LogP contribution in [-0.2, 0) is 7.05 Å². The lowest BCUT2D eigenvalue weighted by Gasteiger charge is -2.23. The van der Waals surface area contributed by atoms with Gasteiger partial charge in [-0.1, -0.05) is 13.8 Å². The Morgan fingerprint density at radius 2 is 2.06 bits per heavy atom. The Labute approximate surface area is 110 Å². The Hall–Kier alpha value is -1.03. The van der Waals surface area contributed by atoms with Crippen molar-refractivity contribution in [3.05, 3.63) is 11.4 Å². The lowest BCUT2D eigenvalue weighted by Crippen LogP contribution is -2.36. The second-order valence-corrected chi connectivity index (χ2v) is 5.71. The van der Waals surface area contributed by atoms with Crippen LogP contribution in [0, 0.1) is 19.8 Å². The predicted molar refractivity (Wildman–Crippen MR) is 73.0 cm³/mol. The highest BCUT2D eigenvalue weighted by Gasteiger charge is 2.25. The molecule has 1 saturated carbocycles. The topological polar surface area (TPSA) is 39.1 Å². The molecule has 0 aromatic carbocycles. The van der Waals surface area contributed by atoms with Crippen molar-refractivity contribution in [3.63, 3.8) is 0 Å². The van der Waals surface area contributed by atoms with Crippen LogP contribution in [0.5, 0.6) is 5.75 Å². The van der Waals surface area contributed by atoms with Gasteiger partial charge in [0.15, 0.2) is 5.75 Å². The van der Waals surface area contributed by atoms with E-state index in [0.29, 0.717) is 5.92 Å². The van der Waals surface area contributed by atoms with Gasteiger partial charge < -0.3 is 10.1 Å². The smallest absolute Gasteiger partial charge is 0.163 e. The van der Waals surface area contributed by atoms with Crippen molar-refractivity contribution in [2.45, 2.75) is 52.7 Å². The molecule has 0 amide bonds. The molecule has 0 radical (unpaired) electrons. The van der Waals surface area contributed by atoms with Gasteiger partial charge in [0.25, 0.3) is 0 Å². The largest absolute Gasteiger partial charge is 0.485 e. The highest BCUT2D eigenvalue weighted by Crippen LogP contribution is 2.25. The summed E-state index contributed by atoms with van der Waals surface area (Å²) in [6.07, 6.45) is 2.85. The maximum absolute atomic E-state index is 6.19. The van der Waals surface area contributed by atoms with Crippen molar-refractivity contribution in [2.24, 2.45) is 13.0 Å². The summed E-state index contributed by atoms with van der Waals surface area (Å²) in [5.74, 6) is 1.45. The van der Waals surface area contributed by atoms with Crippen LogP contribution in [0.2, 0.25) is 0 Å². The van der Waals surface area contributed by atoms with Gasteiger partial charge in [-0.25, -0.2) is 0 Å². The molecule has 1 N–H and O–H groups in total. The summed E-state index contributed by atoms with van der Waals surface area (Å²) in [6.45, 7) is 9.41. The zero-order valence-corrected chi connectivity index (χ0v) is 12.2. The minimum absolute atomic E-state index is 0.215. The van der Waals surface area contributed by atoms with E-state index < -0.39 is 0 Å². The Kier molecular flexibility index (Phi) is 3.95. The number of hydrogen-bond donors (Lipinski definition) is 1. The third-order valence-electron chi connectivity index (χ3n) is 3.64. The molecule has 18 heavy (non-hydrogen) atoms. The maximum Gasteiger partial charge on any atom is 0.163 e. The van der Waals surface area contributed by atoms with Gasteiger partial charge in [0.2, 0.25) is 0 Å². The van der Waals surface area contributed by atoms with Gasteiger partial charge in [0, 0.05) is 19.6 Å². The van der Waals surface area contributed by atoms with Crippen LogP contribution in [0.25, 0.3) is 0 Å². The van der Waals surface area contributed by atoms with E-state index >= 15 is 0 Å². The van der Waals surface area contributed by atoms with Crippen molar-refractivity contribution in [1.29, 1.82) is 0 Å². The monoisotopic (exact) mass is 251 g/mol. The number of aryl methyl sites for hydroxylation is 2. The fraction of sp³-hybridized carbons (Fsp3) is 0.786.